The molecule has 0 aliphatic heterocycles. The molecule has 0 amide bonds. The average molecular weight is 387 g/mol. The van der Waals surface area contributed by atoms with E-state index < -0.39 is 10.0 Å². The zero-order chi connectivity index (χ0) is 19.0. The molecule has 2 heterocycles. The molecule has 142 valence electrons. The largest absolute Gasteiger partial charge is 0.339 e. The number of imidazole rings is 1. The van der Waals surface area contributed by atoms with Gasteiger partial charge >= 0.3 is 0 Å². The number of nitrogens with zero attached hydrogens (tertiary/aromatic N) is 4. The first-order valence-corrected chi connectivity index (χ1v) is 10.4. The fourth-order valence-corrected chi connectivity index (χ4v) is 3.76. The van der Waals surface area contributed by atoms with E-state index >= 15 is 0 Å². The lowest BCUT2D eigenvalue weighted by molar-refractivity contribution is 0.379. The standard InChI is InChI=1S/C18H21N5O3S/c1-12(2)23-10-17(19-11-23)27(24,25)22-15-6-4-3-5-14(15)9-16-20-18(21-26-16)13-7-8-13/h3-6,10-13,22H,7-9H2,1-2H3. The van der Waals surface area contributed by atoms with Crippen molar-refractivity contribution in [2.24, 2.45) is 0 Å². The van der Waals surface area contributed by atoms with E-state index in [9.17, 15) is 8.42 Å². The van der Waals surface area contributed by atoms with Crippen molar-refractivity contribution in [3.63, 3.8) is 0 Å². The van der Waals surface area contributed by atoms with Crippen molar-refractivity contribution in [1.82, 2.24) is 19.7 Å². The van der Waals surface area contributed by atoms with Gasteiger partial charge in [0.2, 0.25) is 5.89 Å². The van der Waals surface area contributed by atoms with Gasteiger partial charge in [-0.2, -0.15) is 13.4 Å². The molecule has 4 rings (SSSR count). The molecule has 0 radical (unpaired) electrons. The predicted octanol–water partition coefficient (Wildman–Crippen LogP) is 3.12. The number of hydrogen-bond acceptors (Lipinski definition) is 6. The van der Waals surface area contributed by atoms with Gasteiger partial charge in [0.25, 0.3) is 10.0 Å². The highest BCUT2D eigenvalue weighted by Gasteiger charge is 2.29. The summed E-state index contributed by atoms with van der Waals surface area (Å²) in [4.78, 5) is 8.44. The van der Waals surface area contributed by atoms with E-state index in [0.29, 0.717) is 23.9 Å². The number of para-hydroxylation sites is 1. The summed E-state index contributed by atoms with van der Waals surface area (Å²) in [6.45, 7) is 3.92. The van der Waals surface area contributed by atoms with Gasteiger partial charge in [-0.15, -0.1) is 0 Å². The van der Waals surface area contributed by atoms with Crippen molar-refractivity contribution in [3.05, 3.63) is 54.1 Å². The zero-order valence-electron chi connectivity index (χ0n) is 15.2. The summed E-state index contributed by atoms with van der Waals surface area (Å²) < 4.78 is 35.1. The lowest BCUT2D eigenvalue weighted by Gasteiger charge is -2.10. The number of nitrogens with one attached hydrogen (secondary N) is 1. The van der Waals surface area contributed by atoms with Gasteiger partial charge in [-0.05, 0) is 38.3 Å². The summed E-state index contributed by atoms with van der Waals surface area (Å²) >= 11 is 0. The molecule has 0 unspecified atom stereocenters. The molecule has 1 aliphatic rings. The van der Waals surface area contributed by atoms with Crippen LogP contribution in [0, 0.1) is 0 Å². The zero-order valence-corrected chi connectivity index (χ0v) is 16.0. The van der Waals surface area contributed by atoms with E-state index in [1.807, 2.05) is 26.0 Å². The summed E-state index contributed by atoms with van der Waals surface area (Å²) in [5.74, 6) is 1.63. The topological polar surface area (TPSA) is 103 Å². The molecule has 1 saturated carbocycles. The van der Waals surface area contributed by atoms with E-state index in [4.69, 9.17) is 4.52 Å². The summed E-state index contributed by atoms with van der Waals surface area (Å²) in [6.07, 6.45) is 5.59. The van der Waals surface area contributed by atoms with E-state index in [1.165, 1.54) is 12.5 Å². The van der Waals surface area contributed by atoms with Crippen LogP contribution in [0.2, 0.25) is 0 Å². The SMILES string of the molecule is CC(C)n1cnc(S(=O)(=O)Nc2ccccc2Cc2nc(C3CC3)no2)c1. The summed E-state index contributed by atoms with van der Waals surface area (Å²) in [7, 11) is -3.79. The lowest BCUT2D eigenvalue weighted by atomic mass is 10.1. The van der Waals surface area contributed by atoms with Gasteiger partial charge in [0.05, 0.1) is 18.4 Å². The van der Waals surface area contributed by atoms with E-state index in [2.05, 4.69) is 19.8 Å². The molecule has 2 aromatic heterocycles. The van der Waals surface area contributed by atoms with Crippen molar-refractivity contribution in [1.29, 1.82) is 0 Å². The third-order valence-corrected chi connectivity index (χ3v) is 5.73. The normalized spacial score (nSPS) is 14.6. The molecular formula is C18H21N5O3S. The van der Waals surface area contributed by atoms with Crippen LogP contribution in [0.4, 0.5) is 5.69 Å². The first kappa shape index (κ1) is 17.7. The highest BCUT2D eigenvalue weighted by molar-refractivity contribution is 7.92. The van der Waals surface area contributed by atoms with Crippen LogP contribution in [0.5, 0.6) is 0 Å². The van der Waals surface area contributed by atoms with Crippen molar-refractivity contribution in [2.75, 3.05) is 4.72 Å². The number of rotatable bonds is 7. The Balaban J connectivity index is 1.56. The first-order valence-electron chi connectivity index (χ1n) is 8.89. The smallest absolute Gasteiger partial charge is 0.280 e. The van der Waals surface area contributed by atoms with Crippen molar-refractivity contribution >= 4 is 15.7 Å². The van der Waals surface area contributed by atoms with Crippen molar-refractivity contribution in [3.8, 4) is 0 Å². The monoisotopic (exact) mass is 387 g/mol. The second kappa shape index (κ2) is 6.80. The minimum absolute atomic E-state index is 0.0141. The second-order valence-electron chi connectivity index (χ2n) is 7.01. The van der Waals surface area contributed by atoms with E-state index in [0.717, 1.165) is 24.2 Å². The first-order chi connectivity index (χ1) is 12.9. The molecule has 0 saturated heterocycles. The maximum absolute atomic E-state index is 12.7. The molecule has 3 aromatic rings. The van der Waals surface area contributed by atoms with E-state index in [1.54, 1.807) is 16.7 Å². The third-order valence-electron chi connectivity index (χ3n) is 4.48. The maximum atomic E-state index is 12.7. The lowest BCUT2D eigenvalue weighted by Crippen LogP contribution is -2.15. The van der Waals surface area contributed by atoms with Crippen LogP contribution in [0.3, 0.4) is 0 Å². The quantitative estimate of drug-likeness (QED) is 0.668. The Labute approximate surface area is 157 Å². The summed E-state index contributed by atoms with van der Waals surface area (Å²) in [5.41, 5.74) is 1.23. The molecule has 1 aromatic carbocycles. The molecule has 27 heavy (non-hydrogen) atoms. The molecular weight excluding hydrogens is 366 g/mol. The van der Waals surface area contributed by atoms with Gasteiger partial charge in [0.15, 0.2) is 10.9 Å². The fraction of sp³-hybridized carbons (Fsp3) is 0.389. The summed E-state index contributed by atoms with van der Waals surface area (Å²) in [6, 6.07) is 7.30. The number of aromatic nitrogens is 4. The predicted molar refractivity (Wildman–Crippen MR) is 98.9 cm³/mol. The average Bonchev–Trinajstić information content (AvgIpc) is 3.16. The van der Waals surface area contributed by atoms with Crippen LogP contribution in [-0.4, -0.2) is 28.1 Å². The Morgan fingerprint density at radius 2 is 2.07 bits per heavy atom. The Bertz CT molecular complexity index is 1050. The van der Waals surface area contributed by atoms with Crippen LogP contribution in [-0.2, 0) is 16.4 Å². The Hall–Kier alpha value is -2.68. The molecule has 1 aliphatic carbocycles. The van der Waals surface area contributed by atoms with Crippen molar-refractivity contribution in [2.45, 2.75) is 50.1 Å². The number of benzene rings is 1. The Morgan fingerprint density at radius 1 is 1.30 bits per heavy atom. The minimum Gasteiger partial charge on any atom is -0.339 e. The van der Waals surface area contributed by atoms with Gasteiger partial charge in [-0.1, -0.05) is 23.4 Å². The molecule has 0 bridgehead atoms. The summed E-state index contributed by atoms with van der Waals surface area (Å²) in [5, 5.41) is 3.99. The highest BCUT2D eigenvalue weighted by atomic mass is 32.2. The van der Waals surface area contributed by atoms with E-state index in [-0.39, 0.29) is 11.1 Å². The molecule has 1 fully saturated rings. The number of sulfonamides is 1. The van der Waals surface area contributed by atoms with Gasteiger partial charge < -0.3 is 9.09 Å². The van der Waals surface area contributed by atoms with Crippen LogP contribution < -0.4 is 4.72 Å². The van der Waals surface area contributed by atoms with Crippen LogP contribution >= 0.6 is 0 Å². The third kappa shape index (κ3) is 3.87. The molecule has 1 N–H and O–H groups in total. The molecule has 9 heteroatoms. The Kier molecular flexibility index (Phi) is 4.47. The fourth-order valence-electron chi connectivity index (χ4n) is 2.72. The van der Waals surface area contributed by atoms with Crippen LogP contribution in [0.1, 0.15) is 55.9 Å². The van der Waals surface area contributed by atoms with Gasteiger partial charge in [-0.3, -0.25) is 4.72 Å². The van der Waals surface area contributed by atoms with Gasteiger partial charge in [0.1, 0.15) is 0 Å². The maximum Gasteiger partial charge on any atom is 0.280 e. The Morgan fingerprint density at radius 3 is 2.78 bits per heavy atom. The number of hydrogen-bond donors (Lipinski definition) is 1. The second-order valence-corrected chi connectivity index (χ2v) is 8.64. The molecule has 8 nitrogen and oxygen atoms in total. The van der Waals surface area contributed by atoms with Crippen LogP contribution in [0.25, 0.3) is 0 Å². The van der Waals surface area contributed by atoms with Gasteiger partial charge in [0, 0.05) is 18.2 Å². The molecule has 0 spiro atoms. The van der Waals surface area contributed by atoms with Crippen molar-refractivity contribution < 1.29 is 12.9 Å². The van der Waals surface area contributed by atoms with Gasteiger partial charge in [-0.25, -0.2) is 4.98 Å². The number of anilines is 1. The highest BCUT2D eigenvalue weighted by Crippen LogP contribution is 2.38. The minimum atomic E-state index is -3.79. The van der Waals surface area contributed by atoms with Crippen LogP contribution in [0.15, 0.2) is 46.3 Å². The molecule has 0 atom stereocenters.